The minimum Gasteiger partial charge on any atom is -0.493 e. The van der Waals surface area contributed by atoms with Crippen molar-refractivity contribution in [2.24, 2.45) is 5.92 Å². The number of amides is 1. The molecule has 1 N–H and O–H groups in total. The van der Waals surface area contributed by atoms with E-state index in [1.54, 1.807) is 14.2 Å². The van der Waals surface area contributed by atoms with E-state index < -0.39 is 0 Å². The van der Waals surface area contributed by atoms with E-state index in [9.17, 15) is 4.79 Å². The second-order valence-corrected chi connectivity index (χ2v) is 7.23. The number of fused-ring (bicyclic) bond motifs is 1. The molecule has 0 radical (unpaired) electrons. The summed E-state index contributed by atoms with van der Waals surface area (Å²) in [5.74, 6) is 3.67. The van der Waals surface area contributed by atoms with Gasteiger partial charge in [-0.15, -0.1) is 0 Å². The molecular weight excluding hydrogens is 358 g/mol. The molecule has 6 heteroatoms. The monoisotopic (exact) mass is 383 g/mol. The number of hydrogen-bond acceptors (Lipinski definition) is 5. The summed E-state index contributed by atoms with van der Waals surface area (Å²) in [6.45, 7) is 0.721. The Labute approximate surface area is 164 Å². The quantitative estimate of drug-likeness (QED) is 0.754. The molecule has 1 amide bonds. The Morgan fingerprint density at radius 3 is 2.61 bits per heavy atom. The van der Waals surface area contributed by atoms with Crippen LogP contribution in [0.25, 0.3) is 0 Å². The van der Waals surface area contributed by atoms with Crippen LogP contribution in [0.1, 0.15) is 36.3 Å². The summed E-state index contributed by atoms with van der Waals surface area (Å²) in [6, 6.07) is 11.7. The summed E-state index contributed by atoms with van der Waals surface area (Å²) in [4.78, 5) is 12.6. The molecule has 1 heterocycles. The largest absolute Gasteiger partial charge is 0.493 e. The lowest BCUT2D eigenvalue weighted by Crippen LogP contribution is -2.25. The third-order valence-corrected chi connectivity index (χ3v) is 5.36. The molecule has 1 aliphatic carbocycles. The van der Waals surface area contributed by atoms with E-state index in [1.165, 1.54) is 0 Å². The molecule has 1 unspecified atom stereocenters. The highest BCUT2D eigenvalue weighted by atomic mass is 16.7. The van der Waals surface area contributed by atoms with E-state index in [0.717, 1.165) is 35.5 Å². The molecule has 2 aromatic carbocycles. The number of carbonyl (C=O) groups excluding carboxylic acids is 1. The fourth-order valence-electron chi connectivity index (χ4n) is 3.66. The Morgan fingerprint density at radius 1 is 1.07 bits per heavy atom. The number of methoxy groups -OCH3 is 2. The van der Waals surface area contributed by atoms with Crippen molar-refractivity contribution < 1.29 is 23.7 Å². The number of nitrogens with one attached hydrogen (secondary N) is 1. The van der Waals surface area contributed by atoms with Gasteiger partial charge in [-0.25, -0.2) is 0 Å². The van der Waals surface area contributed by atoms with Crippen molar-refractivity contribution >= 4 is 5.91 Å². The Kier molecular flexibility index (Phi) is 5.28. The van der Waals surface area contributed by atoms with Gasteiger partial charge >= 0.3 is 0 Å². The lowest BCUT2D eigenvalue weighted by molar-refractivity contribution is -0.121. The predicted octanol–water partition coefficient (Wildman–Crippen LogP) is 3.63. The zero-order valence-electron chi connectivity index (χ0n) is 16.2. The van der Waals surface area contributed by atoms with Gasteiger partial charge in [-0.2, -0.15) is 0 Å². The smallest absolute Gasteiger partial charge is 0.231 e. The first-order chi connectivity index (χ1) is 13.7. The molecule has 4 rings (SSSR count). The minimum atomic E-state index is 0.0457. The minimum absolute atomic E-state index is 0.0457. The fraction of sp³-hybridized carbons (Fsp3) is 0.409. The van der Waals surface area contributed by atoms with Crippen LogP contribution in [0.5, 0.6) is 23.0 Å². The van der Waals surface area contributed by atoms with E-state index in [0.29, 0.717) is 30.4 Å². The van der Waals surface area contributed by atoms with Gasteiger partial charge in [-0.3, -0.25) is 4.79 Å². The summed E-state index contributed by atoms with van der Waals surface area (Å²) in [6.07, 6.45) is 2.79. The molecule has 1 saturated carbocycles. The number of benzene rings is 2. The molecule has 1 aliphatic heterocycles. The summed E-state index contributed by atoms with van der Waals surface area (Å²) in [7, 11) is 3.26. The maximum absolute atomic E-state index is 12.6. The molecule has 28 heavy (non-hydrogen) atoms. The summed E-state index contributed by atoms with van der Waals surface area (Å²) in [5, 5.41) is 3.03. The predicted molar refractivity (Wildman–Crippen MR) is 104 cm³/mol. The lowest BCUT2D eigenvalue weighted by Gasteiger charge is -2.18. The van der Waals surface area contributed by atoms with Crippen LogP contribution in [0.3, 0.4) is 0 Å². The van der Waals surface area contributed by atoms with Crippen LogP contribution in [0, 0.1) is 5.92 Å². The van der Waals surface area contributed by atoms with Crippen LogP contribution in [0.2, 0.25) is 0 Å². The molecular formula is C22H25NO5. The van der Waals surface area contributed by atoms with Gasteiger partial charge in [0.25, 0.3) is 0 Å². The molecule has 148 valence electrons. The zero-order chi connectivity index (χ0) is 19.5. The van der Waals surface area contributed by atoms with Crippen LogP contribution in [0.4, 0.5) is 0 Å². The molecule has 6 nitrogen and oxygen atoms in total. The Bertz CT molecular complexity index is 862. The van der Waals surface area contributed by atoms with Gasteiger partial charge in [0, 0.05) is 13.0 Å². The van der Waals surface area contributed by atoms with Crippen molar-refractivity contribution in [1.82, 2.24) is 5.32 Å². The normalized spacial score (nSPS) is 15.8. The van der Waals surface area contributed by atoms with Crippen molar-refractivity contribution in [2.75, 3.05) is 21.0 Å². The number of ether oxygens (including phenoxy) is 4. The SMILES string of the molecule is COc1ccc(C(CC(=O)NCc2ccc3c(c2)OCO3)C2CC2)cc1OC. The molecule has 2 aliphatic rings. The first kappa shape index (κ1) is 18.5. The fourth-order valence-corrected chi connectivity index (χ4v) is 3.66. The van der Waals surface area contributed by atoms with Crippen molar-refractivity contribution in [1.29, 1.82) is 0 Å². The molecule has 0 saturated heterocycles. The van der Waals surface area contributed by atoms with Crippen LogP contribution >= 0.6 is 0 Å². The van der Waals surface area contributed by atoms with E-state index in [1.807, 2.05) is 36.4 Å². The molecule has 1 fully saturated rings. The topological polar surface area (TPSA) is 66.0 Å². The summed E-state index contributed by atoms with van der Waals surface area (Å²) < 4.78 is 21.5. The second kappa shape index (κ2) is 8.00. The van der Waals surface area contributed by atoms with E-state index in [4.69, 9.17) is 18.9 Å². The molecule has 2 aromatic rings. The van der Waals surface area contributed by atoms with Gasteiger partial charge in [-0.05, 0) is 60.1 Å². The second-order valence-electron chi connectivity index (χ2n) is 7.23. The van der Waals surface area contributed by atoms with Crippen LogP contribution in [-0.2, 0) is 11.3 Å². The summed E-state index contributed by atoms with van der Waals surface area (Å²) in [5.41, 5.74) is 2.12. The average molecular weight is 383 g/mol. The maximum atomic E-state index is 12.6. The first-order valence-electron chi connectivity index (χ1n) is 9.55. The van der Waals surface area contributed by atoms with Gasteiger partial charge in [0.1, 0.15) is 0 Å². The van der Waals surface area contributed by atoms with Crippen molar-refractivity contribution in [2.45, 2.75) is 31.7 Å². The number of hydrogen-bond donors (Lipinski definition) is 1. The third-order valence-electron chi connectivity index (χ3n) is 5.36. The average Bonchev–Trinajstić information content (AvgIpc) is 3.46. The van der Waals surface area contributed by atoms with Gasteiger partial charge in [-0.1, -0.05) is 12.1 Å². The standard InChI is InChI=1S/C22H25NO5/c1-25-18-8-6-16(10-20(18)26-2)17(15-4-5-15)11-22(24)23-12-14-3-7-19-21(9-14)28-13-27-19/h3,6-10,15,17H,4-5,11-13H2,1-2H3,(H,23,24). The Balaban J connectivity index is 1.40. The molecule has 0 aromatic heterocycles. The Morgan fingerprint density at radius 2 is 1.86 bits per heavy atom. The third kappa shape index (κ3) is 4.01. The zero-order valence-corrected chi connectivity index (χ0v) is 16.2. The molecule has 0 spiro atoms. The van der Waals surface area contributed by atoms with Crippen molar-refractivity contribution in [3.05, 3.63) is 47.5 Å². The van der Waals surface area contributed by atoms with Gasteiger partial charge < -0.3 is 24.3 Å². The van der Waals surface area contributed by atoms with Crippen LogP contribution in [-0.4, -0.2) is 26.9 Å². The van der Waals surface area contributed by atoms with E-state index in [2.05, 4.69) is 5.32 Å². The van der Waals surface area contributed by atoms with Crippen LogP contribution < -0.4 is 24.3 Å². The Hall–Kier alpha value is -2.89. The van der Waals surface area contributed by atoms with E-state index >= 15 is 0 Å². The highest BCUT2D eigenvalue weighted by Gasteiger charge is 2.34. The van der Waals surface area contributed by atoms with Crippen molar-refractivity contribution in [3.8, 4) is 23.0 Å². The molecule has 1 atom stereocenters. The summed E-state index contributed by atoms with van der Waals surface area (Å²) >= 11 is 0. The number of rotatable bonds is 8. The maximum Gasteiger partial charge on any atom is 0.231 e. The van der Waals surface area contributed by atoms with E-state index in [-0.39, 0.29) is 18.6 Å². The van der Waals surface area contributed by atoms with Crippen molar-refractivity contribution in [3.63, 3.8) is 0 Å². The van der Waals surface area contributed by atoms with Gasteiger partial charge in [0.05, 0.1) is 14.2 Å². The molecule has 0 bridgehead atoms. The van der Waals surface area contributed by atoms with Crippen LogP contribution in [0.15, 0.2) is 36.4 Å². The first-order valence-corrected chi connectivity index (χ1v) is 9.55. The van der Waals surface area contributed by atoms with Gasteiger partial charge in [0.15, 0.2) is 23.0 Å². The van der Waals surface area contributed by atoms with Gasteiger partial charge in [0.2, 0.25) is 12.7 Å². The highest BCUT2D eigenvalue weighted by molar-refractivity contribution is 5.77. The highest BCUT2D eigenvalue weighted by Crippen LogP contribution is 2.46. The number of carbonyl (C=O) groups is 1. The lowest BCUT2D eigenvalue weighted by atomic mass is 9.90.